The van der Waals surface area contributed by atoms with Gasteiger partial charge in [-0.3, -0.25) is 4.79 Å². The zero-order valence-corrected chi connectivity index (χ0v) is 17.1. The van der Waals surface area contributed by atoms with Crippen molar-refractivity contribution in [3.05, 3.63) is 0 Å². The van der Waals surface area contributed by atoms with Crippen molar-refractivity contribution in [2.24, 2.45) is 0 Å². The molecule has 0 radical (unpaired) electrons. The second-order valence-electron chi connectivity index (χ2n) is 6.67. The maximum Gasteiger partial charge on any atom is 0.308 e. The third kappa shape index (κ3) is 16.8. The molecule has 0 fully saturated rings. The number of hydrogen-bond donors (Lipinski definition) is 2. The predicted molar refractivity (Wildman–Crippen MR) is 108 cm³/mol. The van der Waals surface area contributed by atoms with E-state index in [0.717, 1.165) is 25.7 Å². The largest absolute Gasteiger partial charge is 0.466 e. The predicted octanol–water partition coefficient (Wildman–Crippen LogP) is 6.59. The van der Waals surface area contributed by atoms with E-state index in [-0.39, 0.29) is 5.97 Å². The zero-order valence-electron chi connectivity index (χ0n) is 15.3. The van der Waals surface area contributed by atoms with E-state index in [1.54, 1.807) is 0 Å². The van der Waals surface area contributed by atoms with Gasteiger partial charge in [-0.05, 0) is 12.8 Å². The summed E-state index contributed by atoms with van der Waals surface area (Å²) in [7, 11) is 0. The minimum Gasteiger partial charge on any atom is -0.466 e. The maximum atomic E-state index is 11.8. The molecule has 2 nitrogen and oxygen atoms in total. The smallest absolute Gasteiger partial charge is 0.308 e. The second-order valence-corrected chi connectivity index (χ2v) is 8.73. The zero-order chi connectivity index (χ0) is 17.4. The molecule has 0 atom stereocenters. The number of thiol groups is 2. The van der Waals surface area contributed by atoms with Gasteiger partial charge >= 0.3 is 5.97 Å². The van der Waals surface area contributed by atoms with Crippen LogP contribution in [-0.2, 0) is 9.53 Å². The van der Waals surface area contributed by atoms with Crippen molar-refractivity contribution >= 4 is 31.2 Å². The Labute approximate surface area is 155 Å². The summed E-state index contributed by atoms with van der Waals surface area (Å²) < 4.78 is 4.78. The van der Waals surface area contributed by atoms with Crippen molar-refractivity contribution in [1.82, 2.24) is 0 Å². The monoisotopic (exact) mass is 362 g/mol. The lowest BCUT2D eigenvalue weighted by molar-refractivity contribution is -0.143. The van der Waals surface area contributed by atoms with E-state index in [0.29, 0.717) is 13.0 Å². The summed E-state index contributed by atoms with van der Waals surface area (Å²) in [5.41, 5.74) is 0. The van der Waals surface area contributed by atoms with Crippen molar-refractivity contribution in [2.45, 2.75) is 108 Å². The molecule has 0 aliphatic carbocycles. The number of ether oxygens (including phenoxy) is 1. The molecule has 0 N–H and O–H groups in total. The molecule has 0 amide bonds. The van der Waals surface area contributed by atoms with Gasteiger partial charge in [0.25, 0.3) is 0 Å². The van der Waals surface area contributed by atoms with Gasteiger partial charge in [-0.15, -0.1) is 0 Å². The number of carbonyl (C=O) groups excluding carboxylic acids is 1. The van der Waals surface area contributed by atoms with Crippen molar-refractivity contribution in [1.29, 1.82) is 0 Å². The lowest BCUT2D eigenvalue weighted by atomic mass is 10.1. The van der Waals surface area contributed by atoms with Crippen LogP contribution in [0.3, 0.4) is 0 Å². The van der Waals surface area contributed by atoms with E-state index in [1.807, 2.05) is 0 Å². The molecule has 138 valence electrons. The number of rotatable bonds is 16. The number of unbranched alkanes of at least 4 members (excludes halogenated alkanes) is 10. The topological polar surface area (TPSA) is 26.3 Å². The second kappa shape index (κ2) is 15.7. The fraction of sp³-hybridized carbons (Fsp3) is 0.947. The Bertz CT molecular complexity index is 281. The normalized spacial score (nSPS) is 11.7. The highest BCUT2D eigenvalue weighted by atomic mass is 32.2. The highest BCUT2D eigenvalue weighted by Gasteiger charge is 2.24. The van der Waals surface area contributed by atoms with Crippen LogP contribution in [0.25, 0.3) is 0 Å². The van der Waals surface area contributed by atoms with E-state index in [9.17, 15) is 4.79 Å². The first-order valence-electron chi connectivity index (χ1n) is 9.62. The lowest BCUT2D eigenvalue weighted by Gasteiger charge is -2.21. The summed E-state index contributed by atoms with van der Waals surface area (Å²) in [6, 6.07) is 0. The fourth-order valence-electron chi connectivity index (χ4n) is 2.63. The molecule has 0 heterocycles. The van der Waals surface area contributed by atoms with Crippen LogP contribution in [0.5, 0.6) is 0 Å². The van der Waals surface area contributed by atoms with Crippen molar-refractivity contribution < 1.29 is 9.53 Å². The van der Waals surface area contributed by atoms with Crippen LogP contribution >= 0.6 is 25.3 Å². The molecule has 0 rings (SSSR count). The molecule has 0 spiro atoms. The molecule has 4 heteroatoms. The molecule has 0 aliphatic rings. The molecule has 0 bridgehead atoms. The molecule has 0 aliphatic heterocycles. The third-order valence-corrected chi connectivity index (χ3v) is 4.88. The molecule has 0 unspecified atom stereocenters. The molecular formula is C19H38O2S2. The van der Waals surface area contributed by atoms with E-state index < -0.39 is 4.08 Å². The summed E-state index contributed by atoms with van der Waals surface area (Å²) in [4.78, 5) is 11.8. The van der Waals surface area contributed by atoms with Gasteiger partial charge in [0.2, 0.25) is 0 Å². The van der Waals surface area contributed by atoms with Crippen LogP contribution in [0.15, 0.2) is 0 Å². The van der Waals surface area contributed by atoms with E-state index >= 15 is 0 Å². The van der Waals surface area contributed by atoms with Gasteiger partial charge in [-0.1, -0.05) is 84.5 Å². The van der Waals surface area contributed by atoms with Gasteiger partial charge in [0.15, 0.2) is 0 Å². The van der Waals surface area contributed by atoms with Gasteiger partial charge in [-0.25, -0.2) is 0 Å². The Kier molecular flexibility index (Phi) is 15.8. The summed E-state index contributed by atoms with van der Waals surface area (Å²) in [6.45, 7) is 4.98. The van der Waals surface area contributed by atoms with Crippen LogP contribution in [0, 0.1) is 0 Å². The van der Waals surface area contributed by atoms with Crippen LogP contribution in [0.2, 0.25) is 0 Å². The fourth-order valence-corrected chi connectivity index (χ4v) is 3.20. The molecule has 0 saturated carbocycles. The molecule has 0 saturated heterocycles. The van der Waals surface area contributed by atoms with Gasteiger partial charge in [0.1, 0.15) is 0 Å². The Morgan fingerprint density at radius 2 is 1.26 bits per heavy atom. The van der Waals surface area contributed by atoms with E-state index in [4.69, 9.17) is 4.74 Å². The van der Waals surface area contributed by atoms with Crippen LogP contribution in [-0.4, -0.2) is 16.7 Å². The van der Waals surface area contributed by atoms with E-state index in [1.165, 1.54) is 57.8 Å². The average molecular weight is 363 g/mol. The lowest BCUT2D eigenvalue weighted by Crippen LogP contribution is -2.21. The summed E-state index contributed by atoms with van der Waals surface area (Å²) >= 11 is 9.07. The van der Waals surface area contributed by atoms with Crippen molar-refractivity contribution in [3.8, 4) is 0 Å². The SMILES string of the molecule is CCCCCCCCOC(=O)CC(S)(S)CCCCCCCC. The quantitative estimate of drug-likeness (QED) is 0.140. The molecule has 23 heavy (non-hydrogen) atoms. The highest BCUT2D eigenvalue weighted by molar-refractivity contribution is 8.00. The van der Waals surface area contributed by atoms with Gasteiger partial charge in [-0.2, -0.15) is 25.3 Å². The van der Waals surface area contributed by atoms with E-state index in [2.05, 4.69) is 39.1 Å². The summed E-state index contributed by atoms with van der Waals surface area (Å²) in [6.07, 6.45) is 15.8. The first kappa shape index (κ1) is 23.2. The minimum absolute atomic E-state index is 0.158. The Morgan fingerprint density at radius 1 is 0.783 bits per heavy atom. The number of hydrogen-bond acceptors (Lipinski definition) is 4. The number of carbonyl (C=O) groups is 1. The standard InChI is InChI=1S/C19H38O2S2/c1-3-5-7-9-11-13-15-19(22,23)17-18(20)21-16-14-12-10-8-6-4-2/h22-23H,3-17H2,1-2H3. The van der Waals surface area contributed by atoms with Crippen LogP contribution in [0.4, 0.5) is 0 Å². The number of esters is 1. The summed E-state index contributed by atoms with van der Waals surface area (Å²) in [5, 5.41) is 0. The van der Waals surface area contributed by atoms with Crippen molar-refractivity contribution in [2.75, 3.05) is 6.61 Å². The van der Waals surface area contributed by atoms with Gasteiger partial charge in [0, 0.05) is 0 Å². The molecule has 0 aromatic rings. The Hall–Kier alpha value is 0.170. The minimum atomic E-state index is -0.525. The Morgan fingerprint density at radius 3 is 1.83 bits per heavy atom. The summed E-state index contributed by atoms with van der Waals surface area (Å²) in [5.74, 6) is -0.158. The first-order chi connectivity index (χ1) is 11.0. The van der Waals surface area contributed by atoms with Gasteiger partial charge < -0.3 is 4.74 Å². The molecular weight excluding hydrogens is 324 g/mol. The maximum absolute atomic E-state index is 11.8. The first-order valence-corrected chi connectivity index (χ1v) is 10.5. The highest BCUT2D eigenvalue weighted by Crippen LogP contribution is 2.31. The average Bonchev–Trinajstić information content (AvgIpc) is 2.49. The third-order valence-electron chi connectivity index (χ3n) is 4.12. The molecule has 0 aromatic heterocycles. The van der Waals surface area contributed by atoms with Crippen LogP contribution in [0.1, 0.15) is 104 Å². The Balaban J connectivity index is 3.57. The molecule has 0 aromatic carbocycles. The van der Waals surface area contributed by atoms with Gasteiger partial charge in [0.05, 0.1) is 17.1 Å². The van der Waals surface area contributed by atoms with Crippen LogP contribution < -0.4 is 0 Å². The van der Waals surface area contributed by atoms with Crippen molar-refractivity contribution in [3.63, 3.8) is 0 Å².